The third kappa shape index (κ3) is 3.02. The molecule has 0 N–H and O–H groups in total. The molecule has 4 rings (SSSR count). The topological polar surface area (TPSA) is 90.0 Å². The summed E-state index contributed by atoms with van der Waals surface area (Å²) >= 11 is 0. The Bertz CT molecular complexity index is 1110. The Morgan fingerprint density at radius 1 is 1.32 bits per heavy atom. The third-order valence-corrected chi connectivity index (χ3v) is 6.95. The van der Waals surface area contributed by atoms with E-state index in [9.17, 15) is 13.2 Å². The minimum absolute atomic E-state index is 0.0982. The Morgan fingerprint density at radius 3 is 2.86 bits per heavy atom. The molecule has 1 aliphatic rings. The van der Waals surface area contributed by atoms with Crippen molar-refractivity contribution in [2.75, 3.05) is 13.2 Å². The number of sulfonamides is 1. The highest BCUT2D eigenvalue weighted by atomic mass is 32.2. The van der Waals surface area contributed by atoms with Gasteiger partial charge in [0.2, 0.25) is 15.8 Å². The van der Waals surface area contributed by atoms with Crippen molar-refractivity contribution in [3.8, 4) is 0 Å². The largest absolute Gasteiger partial charge is 0.468 e. The molecule has 2 aromatic heterocycles. The van der Waals surface area contributed by atoms with Gasteiger partial charge in [-0.2, -0.15) is 4.31 Å². The van der Waals surface area contributed by atoms with Crippen LogP contribution in [0.25, 0.3) is 11.0 Å². The molecular formula is C20H21NO6S. The van der Waals surface area contributed by atoms with Gasteiger partial charge in [-0.1, -0.05) is 0 Å². The van der Waals surface area contributed by atoms with Crippen LogP contribution in [0.3, 0.4) is 0 Å². The second kappa shape index (κ2) is 7.10. The molecule has 1 atom stereocenters. The average Bonchev–Trinajstić information content (AvgIpc) is 3.41. The van der Waals surface area contributed by atoms with Gasteiger partial charge in [-0.15, -0.1) is 0 Å². The highest BCUT2D eigenvalue weighted by Gasteiger charge is 2.38. The van der Waals surface area contributed by atoms with Crippen LogP contribution in [0.2, 0.25) is 0 Å². The van der Waals surface area contributed by atoms with Crippen LogP contribution in [0.15, 0.2) is 50.3 Å². The first-order chi connectivity index (χ1) is 13.4. The summed E-state index contributed by atoms with van der Waals surface area (Å²) < 4.78 is 44.1. The van der Waals surface area contributed by atoms with Crippen molar-refractivity contribution < 1.29 is 26.8 Å². The molecule has 28 heavy (non-hydrogen) atoms. The molecule has 1 aliphatic heterocycles. The van der Waals surface area contributed by atoms with E-state index in [-0.39, 0.29) is 23.3 Å². The Morgan fingerprint density at radius 2 is 2.14 bits per heavy atom. The van der Waals surface area contributed by atoms with Gasteiger partial charge in [0, 0.05) is 17.5 Å². The Hall–Kier alpha value is -2.58. The number of ether oxygens (including phenoxy) is 1. The van der Waals surface area contributed by atoms with Gasteiger partial charge in [0.25, 0.3) is 0 Å². The summed E-state index contributed by atoms with van der Waals surface area (Å²) in [6.07, 6.45) is 3.04. The minimum Gasteiger partial charge on any atom is -0.468 e. The first kappa shape index (κ1) is 18.8. The summed E-state index contributed by atoms with van der Waals surface area (Å²) in [5, 5.41) is 0.581. The Kier molecular flexibility index (Phi) is 4.76. The molecule has 1 saturated heterocycles. The lowest BCUT2D eigenvalue weighted by Crippen LogP contribution is -2.30. The van der Waals surface area contributed by atoms with Gasteiger partial charge in [0.15, 0.2) is 0 Å². The number of benzene rings is 1. The monoisotopic (exact) mass is 403 g/mol. The van der Waals surface area contributed by atoms with Gasteiger partial charge in [0.05, 0.1) is 23.8 Å². The van der Waals surface area contributed by atoms with Crippen LogP contribution in [0, 0.1) is 6.92 Å². The van der Waals surface area contributed by atoms with Crippen LogP contribution in [-0.2, 0) is 14.8 Å². The van der Waals surface area contributed by atoms with E-state index in [1.165, 1.54) is 10.4 Å². The van der Waals surface area contributed by atoms with Gasteiger partial charge in [-0.25, -0.2) is 13.2 Å². The molecule has 0 amide bonds. The molecule has 0 aliphatic carbocycles. The van der Waals surface area contributed by atoms with Gasteiger partial charge in [-0.05, 0) is 57.0 Å². The standard InChI is InChI=1S/C20H21NO6S/c1-3-25-20(22)19-13(2)15-12-14(8-9-17(15)27-19)28(23,24)21-10-4-6-16(21)18-7-5-11-26-18/h5,7-9,11-12,16H,3-4,6,10H2,1-2H3/t16-/m1/s1. The average molecular weight is 403 g/mol. The molecule has 1 fully saturated rings. The number of rotatable bonds is 5. The molecule has 3 heterocycles. The molecule has 0 unspecified atom stereocenters. The summed E-state index contributed by atoms with van der Waals surface area (Å²) in [5.74, 6) is 0.185. The number of fused-ring (bicyclic) bond motifs is 1. The molecule has 0 bridgehead atoms. The van der Waals surface area contributed by atoms with E-state index in [0.29, 0.717) is 35.3 Å². The molecule has 0 saturated carbocycles. The fraction of sp³-hybridized carbons (Fsp3) is 0.350. The van der Waals surface area contributed by atoms with Crippen molar-refractivity contribution >= 4 is 27.0 Å². The van der Waals surface area contributed by atoms with E-state index in [0.717, 1.165) is 6.42 Å². The number of furan rings is 2. The van der Waals surface area contributed by atoms with Crippen LogP contribution in [0.5, 0.6) is 0 Å². The van der Waals surface area contributed by atoms with Crippen LogP contribution in [-0.4, -0.2) is 31.8 Å². The molecule has 7 nitrogen and oxygen atoms in total. The normalized spacial score (nSPS) is 18.0. The van der Waals surface area contributed by atoms with Gasteiger partial charge in [0.1, 0.15) is 11.3 Å². The lowest BCUT2D eigenvalue weighted by molar-refractivity contribution is 0.0491. The van der Waals surface area contributed by atoms with Crippen LogP contribution < -0.4 is 0 Å². The molecule has 0 radical (unpaired) electrons. The second-order valence-corrected chi connectivity index (χ2v) is 8.61. The number of aryl methyl sites for hydroxylation is 1. The third-order valence-electron chi connectivity index (χ3n) is 5.05. The minimum atomic E-state index is -3.73. The molecule has 148 valence electrons. The van der Waals surface area contributed by atoms with Gasteiger partial charge < -0.3 is 13.6 Å². The zero-order valence-corrected chi connectivity index (χ0v) is 16.5. The van der Waals surface area contributed by atoms with E-state index in [1.807, 2.05) is 0 Å². The van der Waals surface area contributed by atoms with Crippen LogP contribution in [0.1, 0.15) is 47.7 Å². The predicted octanol–water partition coefficient (Wildman–Crippen LogP) is 4.04. The Balaban J connectivity index is 1.74. The van der Waals surface area contributed by atoms with Gasteiger partial charge >= 0.3 is 5.97 Å². The highest BCUT2D eigenvalue weighted by molar-refractivity contribution is 7.89. The summed E-state index contributed by atoms with van der Waals surface area (Å²) in [6.45, 7) is 4.10. The van der Waals surface area contributed by atoms with Crippen LogP contribution >= 0.6 is 0 Å². The van der Waals surface area contributed by atoms with Crippen molar-refractivity contribution in [2.24, 2.45) is 0 Å². The van der Waals surface area contributed by atoms with E-state index < -0.39 is 16.0 Å². The summed E-state index contributed by atoms with van der Waals surface area (Å²) in [7, 11) is -3.73. The number of hydrogen-bond donors (Lipinski definition) is 0. The van der Waals surface area contributed by atoms with Crippen molar-refractivity contribution in [2.45, 2.75) is 37.6 Å². The van der Waals surface area contributed by atoms with E-state index in [1.54, 1.807) is 44.4 Å². The quantitative estimate of drug-likeness (QED) is 0.597. The summed E-state index contributed by atoms with van der Waals surface area (Å²) in [4.78, 5) is 12.2. The number of carbonyl (C=O) groups is 1. The van der Waals surface area contributed by atoms with Gasteiger partial charge in [-0.3, -0.25) is 0 Å². The zero-order valence-electron chi connectivity index (χ0n) is 15.7. The van der Waals surface area contributed by atoms with Crippen LogP contribution in [0.4, 0.5) is 0 Å². The molecule has 8 heteroatoms. The first-order valence-electron chi connectivity index (χ1n) is 9.19. The van der Waals surface area contributed by atoms with E-state index >= 15 is 0 Å². The SMILES string of the molecule is CCOC(=O)c1oc2ccc(S(=O)(=O)N3CCC[C@@H]3c3ccco3)cc2c1C. The van der Waals surface area contributed by atoms with Crippen molar-refractivity contribution in [1.29, 1.82) is 0 Å². The maximum absolute atomic E-state index is 13.3. The highest BCUT2D eigenvalue weighted by Crippen LogP contribution is 2.38. The predicted molar refractivity (Wildman–Crippen MR) is 101 cm³/mol. The lowest BCUT2D eigenvalue weighted by Gasteiger charge is -2.22. The zero-order chi connectivity index (χ0) is 19.9. The Labute approximate surface area is 162 Å². The number of hydrogen-bond acceptors (Lipinski definition) is 6. The van der Waals surface area contributed by atoms with E-state index in [4.69, 9.17) is 13.6 Å². The van der Waals surface area contributed by atoms with Crippen molar-refractivity contribution in [3.63, 3.8) is 0 Å². The first-order valence-corrected chi connectivity index (χ1v) is 10.6. The van der Waals surface area contributed by atoms with E-state index in [2.05, 4.69) is 0 Å². The summed E-state index contributed by atoms with van der Waals surface area (Å²) in [6, 6.07) is 7.90. The molecule has 1 aromatic carbocycles. The van der Waals surface area contributed by atoms with Crippen molar-refractivity contribution in [3.05, 3.63) is 53.7 Å². The fourth-order valence-electron chi connectivity index (χ4n) is 3.68. The second-order valence-electron chi connectivity index (χ2n) is 6.72. The summed E-state index contributed by atoms with van der Waals surface area (Å²) in [5.41, 5.74) is 1.01. The number of carbonyl (C=O) groups excluding carboxylic acids is 1. The maximum atomic E-state index is 13.3. The molecular weight excluding hydrogens is 382 g/mol. The smallest absolute Gasteiger partial charge is 0.374 e. The molecule has 0 spiro atoms. The number of esters is 1. The fourth-order valence-corrected chi connectivity index (χ4v) is 5.37. The lowest BCUT2D eigenvalue weighted by atomic mass is 10.1. The maximum Gasteiger partial charge on any atom is 0.374 e. The molecule has 3 aromatic rings. The number of nitrogens with zero attached hydrogens (tertiary/aromatic N) is 1. The van der Waals surface area contributed by atoms with Crippen molar-refractivity contribution in [1.82, 2.24) is 4.31 Å².